The third-order valence-electron chi connectivity index (χ3n) is 8.49. The van der Waals surface area contributed by atoms with Crippen LogP contribution < -0.4 is 37.5 Å². The van der Waals surface area contributed by atoms with Crippen molar-refractivity contribution < 1.29 is 38.8 Å². The van der Waals surface area contributed by atoms with Gasteiger partial charge in [-0.3, -0.25) is 19.4 Å². The maximum atomic E-state index is 12.9. The van der Waals surface area contributed by atoms with Crippen LogP contribution in [0.1, 0.15) is 76.9 Å². The van der Waals surface area contributed by atoms with Crippen LogP contribution in [0.15, 0.2) is 33.9 Å². The van der Waals surface area contributed by atoms with Gasteiger partial charge in [0.25, 0.3) is 5.56 Å². The summed E-state index contributed by atoms with van der Waals surface area (Å²) in [6, 6.07) is 6.26. The Morgan fingerprint density at radius 1 is 0.960 bits per heavy atom. The number of aliphatic hydroxyl groups excluding tert-OH is 1. The average molecular weight is 708 g/mol. The van der Waals surface area contributed by atoms with E-state index in [2.05, 4.69) is 19.2 Å². The van der Waals surface area contributed by atoms with Gasteiger partial charge in [-0.2, -0.15) is 0 Å². The first-order valence-electron chi connectivity index (χ1n) is 16.7. The van der Waals surface area contributed by atoms with Crippen LogP contribution in [0.5, 0.6) is 11.5 Å². The number of carboxylic acids is 1. The summed E-state index contributed by atoms with van der Waals surface area (Å²) in [6.07, 6.45) is 1.56. The molecule has 2 aromatic rings. The van der Waals surface area contributed by atoms with E-state index in [0.29, 0.717) is 37.1 Å². The molecule has 50 heavy (non-hydrogen) atoms. The number of carboxylic acid groups (broad SMARTS) is 1. The standard InChI is InChI=1S/C30H53N3O6.C5H4N2O4/c1-19(2)22(14-21-10-11-26(38-8)27(15-21)39-13-9-12-37-7)16-24(31)25(34)17-23(20(3)4)28(35)33-18-30(5,6)29(32)36;8-3-1-2(4(9)10)6-5(11)7-3/h10-11,15,19-20,22-25,34H,9,12-14,16-18,31H2,1-8H3,(H2,32,36)(H,33,35);1H,(H,9,10)(H2,6,7,8,11)/t22-,23+,24-,25-;/m0./s1. The van der Waals surface area contributed by atoms with Gasteiger partial charge in [0.15, 0.2) is 11.5 Å². The molecule has 0 saturated heterocycles. The fraction of sp³-hybridized carbons (Fsp3) is 0.629. The molecule has 15 nitrogen and oxygen atoms in total. The molecule has 15 heteroatoms. The highest BCUT2D eigenvalue weighted by Crippen LogP contribution is 2.32. The van der Waals surface area contributed by atoms with Crippen molar-refractivity contribution in [2.45, 2.75) is 79.4 Å². The van der Waals surface area contributed by atoms with Crippen LogP contribution in [0, 0.1) is 29.1 Å². The number of primary amides is 1. The quantitative estimate of drug-likeness (QED) is 0.0981. The summed E-state index contributed by atoms with van der Waals surface area (Å²) in [7, 11) is 3.29. The predicted octanol–water partition coefficient (Wildman–Crippen LogP) is 2.05. The van der Waals surface area contributed by atoms with Gasteiger partial charge in [0, 0.05) is 44.7 Å². The van der Waals surface area contributed by atoms with Crippen LogP contribution in [0.3, 0.4) is 0 Å². The molecule has 9 N–H and O–H groups in total. The summed E-state index contributed by atoms with van der Waals surface area (Å²) in [5.41, 5.74) is 10.2. The Kier molecular flexibility index (Phi) is 18.5. The van der Waals surface area contributed by atoms with Crippen molar-refractivity contribution >= 4 is 17.8 Å². The zero-order valence-corrected chi connectivity index (χ0v) is 30.5. The third-order valence-corrected chi connectivity index (χ3v) is 8.49. The normalized spacial score (nSPS) is 13.8. The summed E-state index contributed by atoms with van der Waals surface area (Å²) in [6.45, 7) is 12.9. The molecule has 0 fully saturated rings. The second-order valence-corrected chi connectivity index (χ2v) is 13.7. The number of amides is 2. The molecule has 0 radical (unpaired) electrons. The molecule has 1 aromatic heterocycles. The zero-order valence-electron chi connectivity index (χ0n) is 30.5. The van der Waals surface area contributed by atoms with E-state index in [9.17, 15) is 29.1 Å². The minimum Gasteiger partial charge on any atom is -0.493 e. The largest absolute Gasteiger partial charge is 0.493 e. The van der Waals surface area contributed by atoms with E-state index >= 15 is 0 Å². The molecular weight excluding hydrogens is 650 g/mol. The van der Waals surface area contributed by atoms with Crippen molar-refractivity contribution in [3.63, 3.8) is 0 Å². The highest BCUT2D eigenvalue weighted by molar-refractivity contribution is 5.85. The van der Waals surface area contributed by atoms with E-state index in [1.54, 1.807) is 28.1 Å². The number of aromatic nitrogens is 2. The van der Waals surface area contributed by atoms with Crippen LogP contribution in [-0.2, 0) is 20.7 Å². The smallest absolute Gasteiger partial charge is 0.352 e. The van der Waals surface area contributed by atoms with E-state index in [1.807, 2.05) is 42.0 Å². The number of aromatic carboxylic acids is 1. The molecule has 0 aliphatic rings. The Balaban J connectivity index is 0.000000957. The lowest BCUT2D eigenvalue weighted by molar-refractivity contribution is -0.130. The lowest BCUT2D eigenvalue weighted by atomic mass is 9.80. The number of aliphatic hydroxyl groups is 1. The topological polar surface area (TPSA) is 249 Å². The summed E-state index contributed by atoms with van der Waals surface area (Å²) in [5.74, 6) is -0.547. The number of carbonyl (C=O) groups excluding carboxylic acids is 2. The molecule has 2 amide bonds. The van der Waals surface area contributed by atoms with Crippen molar-refractivity contribution in [2.75, 3.05) is 34.0 Å². The molecule has 0 bridgehead atoms. The average Bonchev–Trinajstić information content (AvgIpc) is 3.03. The van der Waals surface area contributed by atoms with Gasteiger partial charge in [-0.15, -0.1) is 0 Å². The Hall–Kier alpha value is -4.21. The van der Waals surface area contributed by atoms with Crippen LogP contribution >= 0.6 is 0 Å². The SMILES string of the molecule is COCCCOc1cc(C[C@@H](C[C@H](N)[C@@H](O)C[C@@H](C(=O)NCC(C)(C)C(N)=O)C(C)C)C(C)C)ccc1OC.O=C(O)c1cc(=O)[nH]c(=O)[nH]1. The molecule has 0 aliphatic heterocycles. The highest BCUT2D eigenvalue weighted by Gasteiger charge is 2.32. The van der Waals surface area contributed by atoms with Gasteiger partial charge in [0.1, 0.15) is 5.69 Å². The van der Waals surface area contributed by atoms with Crippen LogP contribution in [0.2, 0.25) is 0 Å². The van der Waals surface area contributed by atoms with Crippen molar-refractivity contribution in [1.29, 1.82) is 0 Å². The Bertz CT molecular complexity index is 1460. The Morgan fingerprint density at radius 3 is 2.14 bits per heavy atom. The number of carbonyl (C=O) groups is 3. The number of rotatable bonds is 20. The van der Waals surface area contributed by atoms with E-state index in [1.165, 1.54) is 0 Å². The molecular formula is C35H57N5O10. The molecule has 0 saturated carbocycles. The molecule has 282 valence electrons. The third kappa shape index (κ3) is 15.1. The second-order valence-electron chi connectivity index (χ2n) is 13.7. The number of nitrogens with one attached hydrogen (secondary N) is 3. The maximum absolute atomic E-state index is 12.9. The van der Waals surface area contributed by atoms with Gasteiger partial charge < -0.3 is 46.2 Å². The van der Waals surface area contributed by atoms with Gasteiger partial charge >= 0.3 is 11.7 Å². The summed E-state index contributed by atoms with van der Waals surface area (Å²) in [5, 5.41) is 22.2. The van der Waals surface area contributed by atoms with Gasteiger partial charge in [-0.1, -0.05) is 33.8 Å². The molecule has 1 heterocycles. The fourth-order valence-corrected chi connectivity index (χ4v) is 4.97. The molecule has 4 atom stereocenters. The minimum atomic E-state index is -1.34. The maximum Gasteiger partial charge on any atom is 0.352 e. The lowest BCUT2D eigenvalue weighted by Gasteiger charge is -2.30. The first kappa shape index (κ1) is 43.8. The molecule has 1 aromatic carbocycles. The van der Waals surface area contributed by atoms with Crippen molar-refractivity contribution in [3.8, 4) is 11.5 Å². The Morgan fingerprint density at radius 2 is 1.62 bits per heavy atom. The fourth-order valence-electron chi connectivity index (χ4n) is 4.97. The number of ether oxygens (including phenoxy) is 3. The van der Waals surface area contributed by atoms with E-state index < -0.39 is 52.3 Å². The summed E-state index contributed by atoms with van der Waals surface area (Å²) < 4.78 is 16.5. The second kappa shape index (κ2) is 21.1. The first-order valence-corrected chi connectivity index (χ1v) is 16.7. The lowest BCUT2D eigenvalue weighted by Crippen LogP contribution is -2.46. The van der Waals surface area contributed by atoms with Crippen molar-refractivity contribution in [3.05, 3.63) is 56.4 Å². The van der Waals surface area contributed by atoms with Crippen LogP contribution in [0.25, 0.3) is 0 Å². The number of hydrogen-bond donors (Lipinski definition) is 7. The number of benzene rings is 1. The van der Waals surface area contributed by atoms with Gasteiger partial charge in [0.2, 0.25) is 11.8 Å². The number of methoxy groups -OCH3 is 2. The Labute approximate surface area is 293 Å². The molecule has 0 aliphatic carbocycles. The van der Waals surface area contributed by atoms with E-state index in [4.69, 9.17) is 30.8 Å². The van der Waals surface area contributed by atoms with E-state index in [-0.39, 0.29) is 30.7 Å². The number of aromatic amines is 2. The molecule has 0 spiro atoms. The highest BCUT2D eigenvalue weighted by atomic mass is 16.5. The van der Waals surface area contributed by atoms with Gasteiger partial charge in [-0.25, -0.2) is 9.59 Å². The van der Waals surface area contributed by atoms with Gasteiger partial charge in [-0.05, 0) is 68.6 Å². The number of hydrogen-bond acceptors (Lipinski definition) is 10. The monoisotopic (exact) mass is 707 g/mol. The van der Waals surface area contributed by atoms with Gasteiger partial charge in [0.05, 0.1) is 25.2 Å². The molecule has 2 rings (SSSR count). The molecule has 0 unspecified atom stereocenters. The first-order chi connectivity index (χ1) is 23.3. The minimum absolute atomic E-state index is 0.00829. The summed E-state index contributed by atoms with van der Waals surface area (Å²) in [4.78, 5) is 59.4. The zero-order chi connectivity index (χ0) is 38.2. The van der Waals surface area contributed by atoms with Crippen LogP contribution in [0.4, 0.5) is 0 Å². The predicted molar refractivity (Wildman–Crippen MR) is 189 cm³/mol. The van der Waals surface area contributed by atoms with E-state index in [0.717, 1.165) is 24.5 Å². The summed E-state index contributed by atoms with van der Waals surface area (Å²) >= 11 is 0. The number of nitrogens with two attached hydrogens (primary N) is 2. The number of H-pyrrole nitrogens is 2. The van der Waals surface area contributed by atoms with Crippen molar-refractivity contribution in [1.82, 2.24) is 15.3 Å². The van der Waals surface area contributed by atoms with Crippen molar-refractivity contribution in [2.24, 2.45) is 40.6 Å². The van der Waals surface area contributed by atoms with Crippen LogP contribution in [-0.4, -0.2) is 84.1 Å².